The summed E-state index contributed by atoms with van der Waals surface area (Å²) in [6.45, 7) is 10.1. The molecule has 3 rings (SSSR count). The van der Waals surface area contributed by atoms with Crippen molar-refractivity contribution in [1.82, 2.24) is 0 Å². The number of anilines is 2. The highest BCUT2D eigenvalue weighted by Crippen LogP contribution is 2.22. The number of hydrogen-bond acceptors (Lipinski definition) is 3. The molecule has 3 aromatic carbocycles. The molecule has 0 saturated carbocycles. The third-order valence-corrected chi connectivity index (χ3v) is 6.82. The average Bonchev–Trinajstić information content (AvgIpc) is 2.72. The van der Waals surface area contributed by atoms with Gasteiger partial charge in [0.25, 0.3) is 10.0 Å². The molecule has 0 aromatic heterocycles. The lowest BCUT2D eigenvalue weighted by molar-refractivity contribution is -0.117. The van der Waals surface area contributed by atoms with Gasteiger partial charge in [0.1, 0.15) is 0 Å². The van der Waals surface area contributed by atoms with Crippen LogP contribution in [0.3, 0.4) is 0 Å². The second-order valence-electron chi connectivity index (χ2n) is 9.06. The van der Waals surface area contributed by atoms with Gasteiger partial charge in [0.05, 0.1) is 10.8 Å². The van der Waals surface area contributed by atoms with Gasteiger partial charge in [-0.3, -0.25) is 9.52 Å². The summed E-state index contributed by atoms with van der Waals surface area (Å²) < 4.78 is 28.1. The molecular formula is C27H32N2O3S. The number of aryl methyl sites for hydroxylation is 2. The summed E-state index contributed by atoms with van der Waals surface area (Å²) in [5.74, 6) is 0.114. The largest absolute Gasteiger partial charge is 0.326 e. The van der Waals surface area contributed by atoms with E-state index >= 15 is 0 Å². The van der Waals surface area contributed by atoms with E-state index in [-0.39, 0.29) is 16.7 Å². The Balaban J connectivity index is 1.66. The molecule has 0 aliphatic rings. The van der Waals surface area contributed by atoms with E-state index in [1.165, 1.54) is 17.7 Å². The highest BCUT2D eigenvalue weighted by molar-refractivity contribution is 7.92. The van der Waals surface area contributed by atoms with Crippen molar-refractivity contribution in [3.63, 3.8) is 0 Å². The average molecular weight is 465 g/mol. The third-order valence-electron chi connectivity index (χ3n) is 5.42. The Kier molecular flexibility index (Phi) is 7.59. The minimum absolute atomic E-state index is 0.133. The first-order valence-electron chi connectivity index (χ1n) is 11.1. The number of hydrogen-bond donors (Lipinski definition) is 2. The molecule has 0 bridgehead atoms. The predicted molar refractivity (Wildman–Crippen MR) is 135 cm³/mol. The van der Waals surface area contributed by atoms with Crippen LogP contribution >= 0.6 is 0 Å². The molecule has 0 aliphatic heterocycles. The molecule has 1 amide bonds. The van der Waals surface area contributed by atoms with E-state index in [1.54, 1.807) is 24.3 Å². The Morgan fingerprint density at radius 1 is 0.818 bits per heavy atom. The topological polar surface area (TPSA) is 75.3 Å². The monoisotopic (exact) mass is 464 g/mol. The normalized spacial score (nSPS) is 12.4. The number of sulfonamides is 1. The van der Waals surface area contributed by atoms with Crippen LogP contribution in [0.25, 0.3) is 0 Å². The number of carbonyl (C=O) groups excluding carboxylic acids is 1. The van der Waals surface area contributed by atoms with Gasteiger partial charge in [-0.2, -0.15) is 0 Å². The maximum atomic E-state index is 12.7. The van der Waals surface area contributed by atoms with Crippen molar-refractivity contribution in [1.29, 1.82) is 0 Å². The first-order valence-corrected chi connectivity index (χ1v) is 12.6. The van der Waals surface area contributed by atoms with Crippen LogP contribution in [0.15, 0.2) is 71.6 Å². The lowest BCUT2D eigenvalue weighted by atomic mass is 9.96. The molecule has 5 nitrogen and oxygen atoms in total. The second-order valence-corrected chi connectivity index (χ2v) is 10.7. The molecule has 0 spiro atoms. The Morgan fingerprint density at radius 3 is 1.94 bits per heavy atom. The van der Waals surface area contributed by atoms with Gasteiger partial charge in [0.2, 0.25) is 5.91 Å². The third kappa shape index (κ3) is 6.68. The summed E-state index contributed by atoms with van der Waals surface area (Å²) in [5.41, 5.74) is 5.24. The van der Waals surface area contributed by atoms with Crippen molar-refractivity contribution in [3.8, 4) is 0 Å². The molecule has 0 radical (unpaired) electrons. The van der Waals surface area contributed by atoms with Crippen molar-refractivity contribution in [2.24, 2.45) is 5.92 Å². The van der Waals surface area contributed by atoms with Gasteiger partial charge in [-0.05, 0) is 91.8 Å². The van der Waals surface area contributed by atoms with Crippen molar-refractivity contribution >= 4 is 27.3 Å². The fourth-order valence-electron chi connectivity index (χ4n) is 3.78. The van der Waals surface area contributed by atoms with Crippen LogP contribution in [0.2, 0.25) is 0 Å². The molecule has 1 unspecified atom stereocenters. The number of benzene rings is 3. The Labute approximate surface area is 197 Å². The molecule has 2 N–H and O–H groups in total. The number of amides is 1. The van der Waals surface area contributed by atoms with Crippen LogP contribution in [0.4, 0.5) is 11.4 Å². The van der Waals surface area contributed by atoms with Crippen LogP contribution in [-0.4, -0.2) is 14.3 Å². The Hall–Kier alpha value is -3.12. The summed E-state index contributed by atoms with van der Waals surface area (Å²) in [6.07, 6.45) is 1.01. The van der Waals surface area contributed by atoms with E-state index in [2.05, 4.69) is 36.0 Å². The van der Waals surface area contributed by atoms with E-state index in [1.807, 2.05) is 39.0 Å². The molecule has 0 aliphatic carbocycles. The SMILES string of the molecule is Cc1cc(C)cc(NS(=O)(=O)c2ccc(NC(=O)C(C)c3ccc(CC(C)C)cc3)cc2)c1. The summed E-state index contributed by atoms with van der Waals surface area (Å²) >= 11 is 0. The maximum absolute atomic E-state index is 12.7. The molecule has 1 atom stereocenters. The van der Waals surface area contributed by atoms with Crippen LogP contribution in [0.5, 0.6) is 0 Å². The zero-order chi connectivity index (χ0) is 24.2. The standard InChI is InChI=1S/C27H32N2O3S/c1-18(2)14-22-6-8-23(9-7-22)21(5)27(30)28-24-10-12-26(13-11-24)33(31,32)29-25-16-19(3)15-20(4)17-25/h6-13,15-18,21,29H,14H2,1-5H3,(H,28,30). The molecule has 0 heterocycles. The van der Waals surface area contributed by atoms with Crippen LogP contribution < -0.4 is 10.0 Å². The number of rotatable bonds is 8. The van der Waals surface area contributed by atoms with Gasteiger partial charge in [0, 0.05) is 11.4 Å². The van der Waals surface area contributed by atoms with Gasteiger partial charge >= 0.3 is 0 Å². The zero-order valence-corrected chi connectivity index (χ0v) is 20.7. The van der Waals surface area contributed by atoms with E-state index in [0.717, 1.165) is 23.1 Å². The smallest absolute Gasteiger partial charge is 0.261 e. The maximum Gasteiger partial charge on any atom is 0.261 e. The summed E-state index contributed by atoms with van der Waals surface area (Å²) in [5, 5.41) is 2.88. The van der Waals surface area contributed by atoms with Gasteiger partial charge < -0.3 is 5.32 Å². The molecule has 33 heavy (non-hydrogen) atoms. The van der Waals surface area contributed by atoms with Crippen molar-refractivity contribution in [3.05, 3.63) is 89.0 Å². The minimum Gasteiger partial charge on any atom is -0.326 e. The lowest BCUT2D eigenvalue weighted by Crippen LogP contribution is -2.19. The zero-order valence-electron chi connectivity index (χ0n) is 19.8. The van der Waals surface area contributed by atoms with E-state index in [9.17, 15) is 13.2 Å². The van der Waals surface area contributed by atoms with Gasteiger partial charge in [-0.1, -0.05) is 44.2 Å². The predicted octanol–water partition coefficient (Wildman–Crippen LogP) is 6.04. The number of carbonyl (C=O) groups is 1. The molecule has 6 heteroatoms. The molecule has 0 saturated heterocycles. The van der Waals surface area contributed by atoms with Crippen molar-refractivity contribution in [2.75, 3.05) is 10.0 Å². The van der Waals surface area contributed by atoms with E-state index in [0.29, 0.717) is 17.3 Å². The van der Waals surface area contributed by atoms with Gasteiger partial charge in [-0.25, -0.2) is 8.42 Å². The second kappa shape index (κ2) is 10.2. The van der Waals surface area contributed by atoms with E-state index in [4.69, 9.17) is 0 Å². The fraction of sp³-hybridized carbons (Fsp3) is 0.296. The Morgan fingerprint density at radius 2 is 1.39 bits per heavy atom. The first-order chi connectivity index (χ1) is 15.5. The molecule has 0 fully saturated rings. The van der Waals surface area contributed by atoms with Crippen LogP contribution in [0.1, 0.15) is 48.9 Å². The van der Waals surface area contributed by atoms with Crippen LogP contribution in [-0.2, 0) is 21.2 Å². The molecular weight excluding hydrogens is 432 g/mol. The first kappa shape index (κ1) is 24.5. The number of nitrogens with one attached hydrogen (secondary N) is 2. The van der Waals surface area contributed by atoms with Crippen molar-refractivity contribution in [2.45, 2.75) is 51.9 Å². The Bertz CT molecular complexity index is 1190. The van der Waals surface area contributed by atoms with Gasteiger partial charge in [0.15, 0.2) is 0 Å². The highest BCUT2D eigenvalue weighted by Gasteiger charge is 2.17. The molecule has 3 aromatic rings. The van der Waals surface area contributed by atoms with E-state index < -0.39 is 10.0 Å². The molecule has 174 valence electrons. The highest BCUT2D eigenvalue weighted by atomic mass is 32.2. The summed E-state index contributed by atoms with van der Waals surface area (Å²) in [7, 11) is -3.73. The van der Waals surface area contributed by atoms with Crippen LogP contribution in [0, 0.1) is 19.8 Å². The quantitative estimate of drug-likeness (QED) is 0.426. The minimum atomic E-state index is -3.73. The van der Waals surface area contributed by atoms with Crippen molar-refractivity contribution < 1.29 is 13.2 Å². The summed E-state index contributed by atoms with van der Waals surface area (Å²) in [4.78, 5) is 12.9. The lowest BCUT2D eigenvalue weighted by Gasteiger charge is -2.14. The summed E-state index contributed by atoms with van der Waals surface area (Å²) in [6, 6.07) is 19.9. The fourth-order valence-corrected chi connectivity index (χ4v) is 4.82. The van der Waals surface area contributed by atoms with Gasteiger partial charge in [-0.15, -0.1) is 0 Å².